The molecule has 0 unspecified atom stereocenters. The van der Waals surface area contributed by atoms with Crippen LogP contribution in [0.2, 0.25) is 0 Å². The molecule has 0 spiro atoms. The van der Waals surface area contributed by atoms with E-state index in [1.807, 2.05) is 0 Å². The average Bonchev–Trinajstić information content (AvgIpc) is 3.13. The van der Waals surface area contributed by atoms with Crippen LogP contribution in [0.3, 0.4) is 0 Å². The van der Waals surface area contributed by atoms with E-state index in [1.165, 1.54) is 12.1 Å². The Kier molecular flexibility index (Phi) is 4.42. The molecule has 126 valence electrons. The number of hydrogen-bond acceptors (Lipinski definition) is 4. The minimum Gasteiger partial charge on any atom is -0.275 e. The maximum absolute atomic E-state index is 13.3. The molecular weight excluding hydrogens is 349 g/mol. The molecule has 1 aromatic carbocycles. The summed E-state index contributed by atoms with van der Waals surface area (Å²) in [6.07, 6.45) is 0. The molecule has 0 bridgehead atoms. The number of anilines is 1. The molecule has 1 N–H and O–H groups in total. The van der Waals surface area contributed by atoms with Gasteiger partial charge >= 0.3 is 0 Å². The average molecular weight is 365 g/mol. The van der Waals surface area contributed by atoms with Crippen molar-refractivity contribution in [3.8, 4) is 0 Å². The van der Waals surface area contributed by atoms with E-state index in [0.717, 1.165) is 16.9 Å². The fraction of sp³-hybridized carbons (Fsp3) is 0.188. The van der Waals surface area contributed by atoms with Gasteiger partial charge in [-0.2, -0.15) is 5.10 Å². The van der Waals surface area contributed by atoms with E-state index in [-0.39, 0.29) is 10.0 Å². The van der Waals surface area contributed by atoms with Crippen LogP contribution >= 0.6 is 11.3 Å². The zero-order valence-corrected chi connectivity index (χ0v) is 14.8. The zero-order chi connectivity index (χ0) is 17.3. The van der Waals surface area contributed by atoms with Crippen molar-refractivity contribution >= 4 is 27.0 Å². The SMILES string of the molecule is Cc1nn(Cc2cccc(F)c2)c(C)c1NS(=O)(=O)c1cccs1. The van der Waals surface area contributed by atoms with Crippen molar-refractivity contribution in [1.82, 2.24) is 9.78 Å². The molecule has 3 rings (SSSR count). The molecule has 0 radical (unpaired) electrons. The van der Waals surface area contributed by atoms with Crippen LogP contribution in [0, 0.1) is 19.7 Å². The molecule has 2 aromatic heterocycles. The van der Waals surface area contributed by atoms with Gasteiger partial charge in [-0.05, 0) is 43.0 Å². The molecule has 0 saturated heterocycles. The standard InChI is InChI=1S/C16H16FN3O2S2/c1-11-16(19-24(21,22)15-7-4-8-23-15)12(2)20(18-11)10-13-5-3-6-14(17)9-13/h3-9,19H,10H2,1-2H3. The minimum atomic E-state index is -3.63. The van der Waals surface area contributed by atoms with Crippen LogP contribution in [0.25, 0.3) is 0 Å². The Hall–Kier alpha value is -2.19. The van der Waals surface area contributed by atoms with Gasteiger partial charge in [0, 0.05) is 0 Å². The van der Waals surface area contributed by atoms with E-state index < -0.39 is 10.0 Å². The van der Waals surface area contributed by atoms with Crippen molar-refractivity contribution in [2.45, 2.75) is 24.6 Å². The summed E-state index contributed by atoms with van der Waals surface area (Å²) in [7, 11) is -3.63. The largest absolute Gasteiger partial charge is 0.275 e. The van der Waals surface area contributed by atoms with Crippen molar-refractivity contribution in [2.75, 3.05) is 4.72 Å². The van der Waals surface area contributed by atoms with Crippen LogP contribution in [0.5, 0.6) is 0 Å². The van der Waals surface area contributed by atoms with Gasteiger partial charge in [0.1, 0.15) is 10.0 Å². The van der Waals surface area contributed by atoms with Crippen molar-refractivity contribution in [1.29, 1.82) is 0 Å². The summed E-state index contributed by atoms with van der Waals surface area (Å²) in [5.74, 6) is -0.312. The van der Waals surface area contributed by atoms with Gasteiger partial charge in [0.2, 0.25) is 0 Å². The van der Waals surface area contributed by atoms with Crippen LogP contribution in [0.4, 0.5) is 10.1 Å². The third kappa shape index (κ3) is 3.34. The smallest absolute Gasteiger partial charge is 0.271 e. The quantitative estimate of drug-likeness (QED) is 0.752. The molecule has 0 fully saturated rings. The number of aromatic nitrogens is 2. The van der Waals surface area contributed by atoms with Gasteiger partial charge in [0.05, 0.1) is 23.6 Å². The van der Waals surface area contributed by atoms with Crippen LogP contribution in [0.1, 0.15) is 17.0 Å². The number of nitrogens with one attached hydrogen (secondary N) is 1. The summed E-state index contributed by atoms with van der Waals surface area (Å²) in [4.78, 5) is 0. The highest BCUT2D eigenvalue weighted by molar-refractivity contribution is 7.94. The van der Waals surface area contributed by atoms with Gasteiger partial charge in [-0.3, -0.25) is 9.40 Å². The minimum absolute atomic E-state index is 0.249. The molecule has 0 aliphatic heterocycles. The predicted molar refractivity (Wildman–Crippen MR) is 92.3 cm³/mol. The first-order valence-corrected chi connectivity index (χ1v) is 9.58. The molecule has 0 amide bonds. The Morgan fingerprint density at radius 1 is 1.25 bits per heavy atom. The molecule has 0 atom stereocenters. The number of halogens is 1. The number of thiophene rings is 1. The fourth-order valence-electron chi connectivity index (χ4n) is 2.41. The van der Waals surface area contributed by atoms with Gasteiger partial charge in [-0.1, -0.05) is 18.2 Å². The van der Waals surface area contributed by atoms with E-state index in [2.05, 4.69) is 9.82 Å². The van der Waals surface area contributed by atoms with Crippen molar-refractivity contribution in [2.24, 2.45) is 0 Å². The third-order valence-corrected chi connectivity index (χ3v) is 6.35. The summed E-state index contributed by atoms with van der Waals surface area (Å²) in [5, 5.41) is 6.08. The zero-order valence-electron chi connectivity index (χ0n) is 13.2. The lowest BCUT2D eigenvalue weighted by molar-refractivity contribution is 0.603. The van der Waals surface area contributed by atoms with Gasteiger partial charge in [0.25, 0.3) is 10.0 Å². The number of aryl methyl sites for hydroxylation is 1. The van der Waals surface area contributed by atoms with Gasteiger partial charge in [-0.15, -0.1) is 11.3 Å². The second-order valence-corrected chi connectivity index (χ2v) is 8.23. The maximum atomic E-state index is 13.3. The molecule has 3 aromatic rings. The Morgan fingerprint density at radius 3 is 2.71 bits per heavy atom. The van der Waals surface area contributed by atoms with E-state index in [9.17, 15) is 12.8 Å². The van der Waals surface area contributed by atoms with Gasteiger partial charge in [-0.25, -0.2) is 12.8 Å². The normalized spacial score (nSPS) is 11.6. The lowest BCUT2D eigenvalue weighted by Gasteiger charge is -2.08. The monoisotopic (exact) mass is 365 g/mol. The predicted octanol–water partition coefficient (Wildman–Crippen LogP) is 3.55. The molecule has 24 heavy (non-hydrogen) atoms. The maximum Gasteiger partial charge on any atom is 0.271 e. The molecule has 0 aliphatic carbocycles. The number of nitrogens with zero attached hydrogens (tertiary/aromatic N) is 2. The van der Waals surface area contributed by atoms with Crippen molar-refractivity contribution in [3.05, 3.63) is 64.5 Å². The Labute approximate surface area is 143 Å². The van der Waals surface area contributed by atoms with Crippen LogP contribution in [-0.2, 0) is 16.6 Å². The molecule has 8 heteroatoms. The molecule has 2 heterocycles. The molecule has 5 nitrogen and oxygen atoms in total. The summed E-state index contributed by atoms with van der Waals surface area (Å²) in [5.41, 5.74) is 2.47. The van der Waals surface area contributed by atoms with Crippen LogP contribution < -0.4 is 4.72 Å². The lowest BCUT2D eigenvalue weighted by Crippen LogP contribution is -2.13. The molecule has 0 saturated carbocycles. The van der Waals surface area contributed by atoms with Crippen LogP contribution in [-0.4, -0.2) is 18.2 Å². The highest BCUT2D eigenvalue weighted by atomic mass is 32.2. The summed E-state index contributed by atoms with van der Waals surface area (Å²) in [6.45, 7) is 3.89. The van der Waals surface area contributed by atoms with Gasteiger partial charge < -0.3 is 0 Å². The summed E-state index contributed by atoms with van der Waals surface area (Å²) in [6, 6.07) is 9.49. The van der Waals surface area contributed by atoms with E-state index in [4.69, 9.17) is 0 Å². The summed E-state index contributed by atoms with van der Waals surface area (Å²) < 4.78 is 42.6. The topological polar surface area (TPSA) is 64.0 Å². The van der Waals surface area contributed by atoms with Crippen molar-refractivity contribution in [3.63, 3.8) is 0 Å². The Morgan fingerprint density at radius 2 is 2.04 bits per heavy atom. The second-order valence-electron chi connectivity index (χ2n) is 5.37. The van der Waals surface area contributed by atoms with Crippen LogP contribution in [0.15, 0.2) is 46.0 Å². The third-order valence-electron chi connectivity index (χ3n) is 3.60. The highest BCUT2D eigenvalue weighted by Crippen LogP contribution is 2.25. The molecule has 0 aliphatic rings. The highest BCUT2D eigenvalue weighted by Gasteiger charge is 2.20. The first kappa shape index (κ1) is 16.7. The lowest BCUT2D eigenvalue weighted by atomic mass is 10.2. The van der Waals surface area contributed by atoms with Crippen molar-refractivity contribution < 1.29 is 12.8 Å². The fourth-order valence-corrected chi connectivity index (χ4v) is 4.58. The van der Waals surface area contributed by atoms with E-state index in [1.54, 1.807) is 48.2 Å². The Bertz CT molecular complexity index is 963. The Balaban J connectivity index is 1.90. The molecular formula is C16H16FN3O2S2. The second kappa shape index (κ2) is 6.37. The van der Waals surface area contributed by atoms with E-state index in [0.29, 0.717) is 23.6 Å². The first-order chi connectivity index (χ1) is 11.4. The number of benzene rings is 1. The number of sulfonamides is 1. The number of hydrogen-bond donors (Lipinski definition) is 1. The summed E-state index contributed by atoms with van der Waals surface area (Å²) >= 11 is 1.15. The first-order valence-electron chi connectivity index (χ1n) is 7.21. The van der Waals surface area contributed by atoms with E-state index >= 15 is 0 Å². The van der Waals surface area contributed by atoms with Gasteiger partial charge in [0.15, 0.2) is 0 Å². The number of rotatable bonds is 5.